The number of benzene rings is 2. The number of ether oxygens (including phenoxy) is 1. The van der Waals surface area contributed by atoms with Crippen molar-refractivity contribution >= 4 is 58.4 Å². The fourth-order valence-corrected chi connectivity index (χ4v) is 2.24. The number of nitrogens with one attached hydrogen (secondary N) is 1. The van der Waals surface area contributed by atoms with Crippen LogP contribution in [0.25, 0.3) is 6.08 Å². The Morgan fingerprint density at radius 1 is 1.04 bits per heavy atom. The number of alkyl halides is 3. The molecule has 0 aliphatic carbocycles. The summed E-state index contributed by atoms with van der Waals surface area (Å²) in [6, 6.07) is 16.0. The number of carbonyl (C=O) groups excluding carboxylic acids is 1. The first-order valence-electron chi connectivity index (χ1n) is 6.88. The van der Waals surface area contributed by atoms with E-state index < -0.39 is 15.9 Å². The molecule has 0 unspecified atom stereocenters. The highest BCUT2D eigenvalue weighted by Gasteiger charge is 2.36. The number of carbonyl (C=O) groups is 1. The molecule has 0 spiro atoms. The normalized spacial score (nSPS) is 12.8. The third-order valence-corrected chi connectivity index (χ3v) is 3.79. The first-order chi connectivity index (χ1) is 11.4. The van der Waals surface area contributed by atoms with Gasteiger partial charge in [0.1, 0.15) is 5.75 Å². The Bertz CT molecular complexity index is 714. The van der Waals surface area contributed by atoms with Crippen molar-refractivity contribution in [1.29, 1.82) is 0 Å². The Morgan fingerprint density at radius 3 is 2.29 bits per heavy atom. The second-order valence-corrected chi connectivity index (χ2v) is 7.50. The summed E-state index contributed by atoms with van der Waals surface area (Å²) in [6.45, 7) is 0. The van der Waals surface area contributed by atoms with Gasteiger partial charge in [0, 0.05) is 6.08 Å². The fourth-order valence-electron chi connectivity index (χ4n) is 1.76. The van der Waals surface area contributed by atoms with Crippen LogP contribution in [0.15, 0.2) is 60.7 Å². The maximum absolute atomic E-state index is 12.1. The van der Waals surface area contributed by atoms with Gasteiger partial charge in [-0.25, -0.2) is 0 Å². The number of rotatable bonds is 5. The van der Waals surface area contributed by atoms with Gasteiger partial charge < -0.3 is 10.1 Å². The SMILES string of the molecule is O=C(/C=C/c1ccccc1)N[C@H](Oc1ccccc1Cl)C(Cl)(Cl)Cl. The molecule has 7 heteroatoms. The van der Waals surface area contributed by atoms with Crippen LogP contribution in [-0.2, 0) is 4.79 Å². The summed E-state index contributed by atoms with van der Waals surface area (Å²) < 4.78 is 3.66. The van der Waals surface area contributed by atoms with Gasteiger partial charge in [0.25, 0.3) is 0 Å². The van der Waals surface area contributed by atoms with Crippen molar-refractivity contribution in [2.75, 3.05) is 0 Å². The van der Waals surface area contributed by atoms with Crippen molar-refractivity contribution in [2.45, 2.75) is 10.0 Å². The average Bonchev–Trinajstić information content (AvgIpc) is 2.54. The summed E-state index contributed by atoms with van der Waals surface area (Å²) in [7, 11) is 0. The zero-order valence-electron chi connectivity index (χ0n) is 12.3. The Labute approximate surface area is 160 Å². The molecule has 1 N–H and O–H groups in total. The highest BCUT2D eigenvalue weighted by atomic mass is 35.6. The summed E-state index contributed by atoms with van der Waals surface area (Å²) in [6.07, 6.45) is 1.75. The molecule has 0 aliphatic heterocycles. The minimum atomic E-state index is -1.88. The van der Waals surface area contributed by atoms with Gasteiger partial charge in [-0.1, -0.05) is 88.9 Å². The van der Waals surface area contributed by atoms with E-state index in [-0.39, 0.29) is 0 Å². The van der Waals surface area contributed by atoms with Crippen molar-refractivity contribution in [1.82, 2.24) is 5.32 Å². The first kappa shape index (κ1) is 18.9. The molecule has 2 rings (SSSR count). The standard InChI is InChI=1S/C17H13Cl4NO2/c18-13-8-4-5-9-14(13)24-16(17(19,20)21)22-15(23)11-10-12-6-2-1-3-7-12/h1-11,16H,(H,22,23)/b11-10+/t16-/m1/s1. The molecule has 0 heterocycles. The van der Waals surface area contributed by atoms with Gasteiger partial charge in [0.2, 0.25) is 15.9 Å². The van der Waals surface area contributed by atoms with Crippen LogP contribution < -0.4 is 10.1 Å². The van der Waals surface area contributed by atoms with Crippen LogP contribution in [0.4, 0.5) is 0 Å². The van der Waals surface area contributed by atoms with E-state index >= 15 is 0 Å². The topological polar surface area (TPSA) is 38.3 Å². The predicted molar refractivity (Wildman–Crippen MR) is 99.8 cm³/mol. The maximum atomic E-state index is 12.1. The highest BCUT2D eigenvalue weighted by molar-refractivity contribution is 6.68. The van der Waals surface area contributed by atoms with Crippen molar-refractivity contribution in [3.63, 3.8) is 0 Å². The first-order valence-corrected chi connectivity index (χ1v) is 8.39. The highest BCUT2D eigenvalue weighted by Crippen LogP contribution is 2.34. The number of hydrogen-bond acceptors (Lipinski definition) is 2. The monoisotopic (exact) mass is 403 g/mol. The maximum Gasteiger partial charge on any atom is 0.246 e. The third kappa shape index (κ3) is 5.91. The van der Waals surface area contributed by atoms with Crippen LogP contribution in [0.2, 0.25) is 5.02 Å². The Morgan fingerprint density at radius 2 is 1.67 bits per heavy atom. The van der Waals surface area contributed by atoms with Gasteiger partial charge in [0.15, 0.2) is 0 Å². The number of hydrogen-bond donors (Lipinski definition) is 1. The number of para-hydroxylation sites is 1. The molecule has 2 aromatic carbocycles. The number of halogens is 4. The Balaban J connectivity index is 2.08. The molecule has 0 saturated carbocycles. The molecule has 0 radical (unpaired) electrons. The second kappa shape index (κ2) is 8.63. The molecule has 2 aromatic rings. The van der Waals surface area contributed by atoms with Crippen LogP contribution in [0, 0.1) is 0 Å². The molecule has 126 valence electrons. The van der Waals surface area contributed by atoms with Crippen LogP contribution in [-0.4, -0.2) is 15.9 Å². The van der Waals surface area contributed by atoms with Gasteiger partial charge in [-0.05, 0) is 23.8 Å². The molecular weight excluding hydrogens is 392 g/mol. The Kier molecular flexibility index (Phi) is 6.81. The average molecular weight is 405 g/mol. The van der Waals surface area contributed by atoms with Gasteiger partial charge in [0.05, 0.1) is 5.02 Å². The van der Waals surface area contributed by atoms with Crippen LogP contribution in [0.3, 0.4) is 0 Å². The van der Waals surface area contributed by atoms with E-state index in [1.54, 1.807) is 30.3 Å². The van der Waals surface area contributed by atoms with Gasteiger partial charge in [-0.15, -0.1) is 0 Å². The Hall–Kier alpha value is -1.39. The third-order valence-electron chi connectivity index (χ3n) is 2.88. The van der Waals surface area contributed by atoms with Crippen LogP contribution in [0.1, 0.15) is 5.56 Å². The van der Waals surface area contributed by atoms with Gasteiger partial charge in [-0.2, -0.15) is 0 Å². The minimum Gasteiger partial charge on any atom is -0.464 e. The summed E-state index contributed by atoms with van der Waals surface area (Å²) in [5.41, 5.74) is 0.866. The van der Waals surface area contributed by atoms with E-state index in [4.69, 9.17) is 51.1 Å². The summed E-state index contributed by atoms with van der Waals surface area (Å²) in [5, 5.41) is 2.84. The summed E-state index contributed by atoms with van der Waals surface area (Å²) in [5.74, 6) is -0.176. The summed E-state index contributed by atoms with van der Waals surface area (Å²) in [4.78, 5) is 12.1. The van der Waals surface area contributed by atoms with Gasteiger partial charge >= 0.3 is 0 Å². The minimum absolute atomic E-state index is 0.294. The lowest BCUT2D eigenvalue weighted by Gasteiger charge is -2.26. The van der Waals surface area contributed by atoms with Crippen molar-refractivity contribution in [2.24, 2.45) is 0 Å². The van der Waals surface area contributed by atoms with E-state index in [0.717, 1.165) is 5.56 Å². The van der Waals surface area contributed by atoms with E-state index in [9.17, 15) is 4.79 Å². The second-order valence-electron chi connectivity index (χ2n) is 4.72. The quantitative estimate of drug-likeness (QED) is 0.420. The molecule has 0 fully saturated rings. The van der Waals surface area contributed by atoms with Crippen LogP contribution in [0.5, 0.6) is 5.75 Å². The molecule has 0 aliphatic rings. The molecule has 0 aromatic heterocycles. The largest absolute Gasteiger partial charge is 0.464 e. The lowest BCUT2D eigenvalue weighted by atomic mass is 10.2. The summed E-state index contributed by atoms with van der Waals surface area (Å²) >= 11 is 23.7. The lowest BCUT2D eigenvalue weighted by Crippen LogP contribution is -2.47. The van der Waals surface area contributed by atoms with Crippen molar-refractivity contribution in [3.05, 3.63) is 71.3 Å². The zero-order chi connectivity index (χ0) is 17.6. The molecule has 0 bridgehead atoms. The van der Waals surface area contributed by atoms with E-state index in [0.29, 0.717) is 10.8 Å². The molecule has 1 atom stereocenters. The number of amides is 1. The molecule has 0 saturated heterocycles. The molecular formula is C17H13Cl4NO2. The fraction of sp³-hybridized carbons (Fsp3) is 0.118. The van der Waals surface area contributed by atoms with Crippen LogP contribution >= 0.6 is 46.4 Å². The van der Waals surface area contributed by atoms with E-state index in [1.807, 2.05) is 30.3 Å². The predicted octanol–water partition coefficient (Wildman–Crippen LogP) is 5.24. The van der Waals surface area contributed by atoms with E-state index in [1.165, 1.54) is 6.08 Å². The van der Waals surface area contributed by atoms with Crippen molar-refractivity contribution < 1.29 is 9.53 Å². The van der Waals surface area contributed by atoms with E-state index in [2.05, 4.69) is 5.32 Å². The lowest BCUT2D eigenvalue weighted by molar-refractivity contribution is -0.118. The van der Waals surface area contributed by atoms with Crippen molar-refractivity contribution in [3.8, 4) is 5.75 Å². The molecule has 24 heavy (non-hydrogen) atoms. The smallest absolute Gasteiger partial charge is 0.246 e. The van der Waals surface area contributed by atoms with Gasteiger partial charge in [-0.3, -0.25) is 4.79 Å². The molecule has 1 amide bonds. The zero-order valence-corrected chi connectivity index (χ0v) is 15.3. The molecule has 3 nitrogen and oxygen atoms in total.